The molecule has 0 saturated heterocycles. The van der Waals surface area contributed by atoms with Gasteiger partial charge in [0, 0.05) is 22.4 Å². The summed E-state index contributed by atoms with van der Waals surface area (Å²) in [6.07, 6.45) is 19.8. The van der Waals surface area contributed by atoms with E-state index in [9.17, 15) is 0 Å². The Morgan fingerprint density at radius 3 is 1.77 bits per heavy atom. The number of anilines is 3. The fraction of sp³-hybridized carbons (Fsp3) is 0.356. The molecule has 0 atom stereocenters. The zero-order valence-corrected chi connectivity index (χ0v) is 36.0. The van der Waals surface area contributed by atoms with E-state index in [0.717, 1.165) is 0 Å². The summed E-state index contributed by atoms with van der Waals surface area (Å²) in [5.74, 6) is 1.79. The second-order valence-electron chi connectivity index (χ2n) is 19.5. The van der Waals surface area contributed by atoms with Crippen molar-refractivity contribution < 1.29 is 0 Å². The lowest BCUT2D eigenvalue weighted by Gasteiger charge is -2.35. The van der Waals surface area contributed by atoms with Gasteiger partial charge in [-0.3, -0.25) is 0 Å². The topological polar surface area (TPSA) is 3.24 Å². The molecule has 0 N–H and O–H groups in total. The average Bonchev–Trinajstić information content (AvgIpc) is 3.54. The van der Waals surface area contributed by atoms with Crippen LogP contribution in [-0.2, 0) is 5.41 Å². The number of benzene rings is 7. The minimum Gasteiger partial charge on any atom is -0.310 e. The highest BCUT2D eigenvalue weighted by Crippen LogP contribution is 2.55. The Morgan fingerprint density at radius 1 is 0.433 bits per heavy atom. The molecule has 0 spiro atoms. The highest BCUT2D eigenvalue weighted by atomic mass is 15.1. The van der Waals surface area contributed by atoms with Crippen LogP contribution in [0.2, 0.25) is 0 Å². The van der Waals surface area contributed by atoms with Crippen molar-refractivity contribution in [3.8, 4) is 22.3 Å². The van der Waals surface area contributed by atoms with Crippen molar-refractivity contribution in [3.63, 3.8) is 0 Å². The summed E-state index contributed by atoms with van der Waals surface area (Å²) in [7, 11) is 0. The summed E-state index contributed by atoms with van der Waals surface area (Å²) in [6.45, 7) is 4.82. The van der Waals surface area contributed by atoms with Gasteiger partial charge in [-0.25, -0.2) is 0 Å². The van der Waals surface area contributed by atoms with E-state index >= 15 is 0 Å². The Kier molecular flexibility index (Phi) is 9.91. The molecule has 0 bridgehead atoms. The predicted octanol–water partition coefficient (Wildman–Crippen LogP) is 17.6. The first kappa shape index (κ1) is 37.8. The molecule has 0 aliphatic heterocycles. The van der Waals surface area contributed by atoms with Crippen molar-refractivity contribution in [2.75, 3.05) is 4.90 Å². The lowest BCUT2D eigenvalue weighted by atomic mass is 9.77. The third-order valence-electron chi connectivity index (χ3n) is 15.6. The van der Waals surface area contributed by atoms with Crippen molar-refractivity contribution in [1.29, 1.82) is 0 Å². The number of hydrogen-bond acceptors (Lipinski definition) is 1. The van der Waals surface area contributed by atoms with Crippen molar-refractivity contribution in [3.05, 3.63) is 161 Å². The molecule has 0 unspecified atom stereocenters. The Hall–Kier alpha value is -5.14. The molecular formula is C59H61N. The third-order valence-corrected chi connectivity index (χ3v) is 15.6. The molecule has 1 nitrogen and oxygen atoms in total. The fourth-order valence-electron chi connectivity index (χ4n) is 12.5. The van der Waals surface area contributed by atoms with Crippen molar-refractivity contribution >= 4 is 38.6 Å². The van der Waals surface area contributed by atoms with Gasteiger partial charge < -0.3 is 4.90 Å². The van der Waals surface area contributed by atoms with Gasteiger partial charge in [0.25, 0.3) is 0 Å². The molecule has 0 heterocycles. The van der Waals surface area contributed by atoms with Gasteiger partial charge in [0.1, 0.15) is 0 Å². The van der Waals surface area contributed by atoms with Crippen LogP contribution in [0.4, 0.5) is 17.1 Å². The molecule has 4 aliphatic carbocycles. The van der Waals surface area contributed by atoms with Crippen LogP contribution >= 0.6 is 0 Å². The number of hydrogen-bond donors (Lipinski definition) is 0. The van der Waals surface area contributed by atoms with E-state index in [0.29, 0.717) is 17.8 Å². The number of rotatable bonds is 7. The standard InChI is InChI=1S/C59H61N/c1-59(2)53-29-17-16-28-49(53)52-39-46(33-35-54(52)59)60(55-36-32-45(40-18-6-3-7-19-40)38-51(55)41-20-8-4-9-21-41)56-37-31-43-23-13-15-27-48(43)58(56)50-34-30-42-22-12-14-26-47(42)57(50)44-24-10-5-11-25-44/h12-17,22-23,26-41,44H,3-11,18-21,24-25H2,1-2H3. The fourth-order valence-corrected chi connectivity index (χ4v) is 12.5. The van der Waals surface area contributed by atoms with Crippen molar-refractivity contribution in [2.45, 2.75) is 133 Å². The van der Waals surface area contributed by atoms with Gasteiger partial charge in [-0.2, -0.15) is 0 Å². The van der Waals surface area contributed by atoms with Crippen LogP contribution in [0.25, 0.3) is 43.8 Å². The zero-order chi connectivity index (χ0) is 40.2. The highest BCUT2D eigenvalue weighted by Gasteiger charge is 2.36. The maximum absolute atomic E-state index is 2.74. The second-order valence-corrected chi connectivity index (χ2v) is 19.5. The van der Waals surface area contributed by atoms with Crippen LogP contribution in [-0.4, -0.2) is 0 Å². The number of nitrogens with zero attached hydrogens (tertiary/aromatic N) is 1. The van der Waals surface area contributed by atoms with E-state index in [4.69, 9.17) is 0 Å². The van der Waals surface area contributed by atoms with Crippen LogP contribution in [0.3, 0.4) is 0 Å². The molecule has 7 aromatic rings. The monoisotopic (exact) mass is 783 g/mol. The molecule has 60 heavy (non-hydrogen) atoms. The first-order valence-corrected chi connectivity index (χ1v) is 23.8. The van der Waals surface area contributed by atoms with E-state index in [2.05, 4.69) is 152 Å². The van der Waals surface area contributed by atoms with Gasteiger partial charge in [0.2, 0.25) is 0 Å². The SMILES string of the molecule is CC1(C)c2ccccc2-c2cc(N(c3ccc(C4CCCCC4)cc3C3CCCCC3)c3ccc4ccccc4c3-c3ccc4ccccc4c3C3CCCCC3)ccc21. The van der Waals surface area contributed by atoms with Gasteiger partial charge >= 0.3 is 0 Å². The minimum atomic E-state index is -0.0434. The van der Waals surface area contributed by atoms with E-state index in [1.807, 2.05) is 0 Å². The summed E-state index contributed by atoms with van der Waals surface area (Å²) < 4.78 is 0. The van der Waals surface area contributed by atoms with Gasteiger partial charge in [0.05, 0.1) is 5.69 Å². The third kappa shape index (κ3) is 6.50. The summed E-state index contributed by atoms with van der Waals surface area (Å²) >= 11 is 0. The van der Waals surface area contributed by atoms with Crippen LogP contribution < -0.4 is 4.90 Å². The smallest absolute Gasteiger partial charge is 0.0546 e. The molecule has 0 radical (unpaired) electrons. The molecule has 3 saturated carbocycles. The van der Waals surface area contributed by atoms with E-state index in [-0.39, 0.29) is 5.41 Å². The molecule has 11 rings (SSSR count). The molecule has 0 aromatic heterocycles. The Bertz CT molecular complexity index is 2700. The largest absolute Gasteiger partial charge is 0.310 e. The molecule has 3 fully saturated rings. The summed E-state index contributed by atoms with van der Waals surface area (Å²) in [6, 6.07) is 52.7. The Labute approximate surface area is 358 Å². The molecule has 302 valence electrons. The summed E-state index contributed by atoms with van der Waals surface area (Å²) in [5.41, 5.74) is 17.0. The van der Waals surface area contributed by atoms with Gasteiger partial charge in [-0.1, -0.05) is 181 Å². The van der Waals surface area contributed by atoms with Crippen molar-refractivity contribution in [2.24, 2.45) is 0 Å². The molecule has 4 aliphatic rings. The first-order chi connectivity index (χ1) is 29.5. The van der Waals surface area contributed by atoms with Crippen molar-refractivity contribution in [1.82, 2.24) is 0 Å². The van der Waals surface area contributed by atoms with Crippen LogP contribution in [0.5, 0.6) is 0 Å². The zero-order valence-electron chi connectivity index (χ0n) is 36.0. The first-order valence-electron chi connectivity index (χ1n) is 23.8. The molecule has 1 heteroatoms. The second kappa shape index (κ2) is 15.7. The number of fused-ring (bicyclic) bond motifs is 5. The Balaban J connectivity index is 1.21. The molecule has 7 aromatic carbocycles. The highest BCUT2D eigenvalue weighted by molar-refractivity contribution is 6.08. The van der Waals surface area contributed by atoms with Crippen LogP contribution in [0.1, 0.15) is 156 Å². The van der Waals surface area contributed by atoms with Gasteiger partial charge in [0.15, 0.2) is 0 Å². The maximum atomic E-state index is 2.74. The molecular weight excluding hydrogens is 723 g/mol. The van der Waals surface area contributed by atoms with E-state index in [1.54, 1.807) is 16.7 Å². The normalized spacial score (nSPS) is 18.4. The predicted molar refractivity (Wildman–Crippen MR) is 257 cm³/mol. The maximum Gasteiger partial charge on any atom is 0.0546 e. The summed E-state index contributed by atoms with van der Waals surface area (Å²) in [4.78, 5) is 2.74. The Morgan fingerprint density at radius 2 is 1.02 bits per heavy atom. The van der Waals surface area contributed by atoms with Crippen LogP contribution in [0.15, 0.2) is 133 Å². The summed E-state index contributed by atoms with van der Waals surface area (Å²) in [5, 5.41) is 5.45. The average molecular weight is 784 g/mol. The van der Waals surface area contributed by atoms with Gasteiger partial charge in [-0.05, 0) is 147 Å². The van der Waals surface area contributed by atoms with Gasteiger partial charge in [-0.15, -0.1) is 0 Å². The quantitative estimate of drug-likeness (QED) is 0.156. The van der Waals surface area contributed by atoms with Crippen LogP contribution in [0, 0.1) is 0 Å². The van der Waals surface area contributed by atoms with E-state index in [1.165, 1.54) is 168 Å². The lowest BCUT2D eigenvalue weighted by Crippen LogP contribution is -2.18. The van der Waals surface area contributed by atoms with E-state index < -0.39 is 0 Å². The lowest BCUT2D eigenvalue weighted by molar-refractivity contribution is 0.436. The minimum absolute atomic E-state index is 0.0434. The molecule has 0 amide bonds.